The molecule has 0 radical (unpaired) electrons. The molecule has 5 rings (SSSR count). The Morgan fingerprint density at radius 2 is 1.72 bits per heavy atom. The molecular formula is C21H24F5N5S. The molecular weight excluding hydrogens is 449 g/mol. The molecule has 0 spiro atoms. The third-order valence-corrected chi connectivity index (χ3v) is 8.31. The second kappa shape index (κ2) is 8.16. The number of rotatable bonds is 5. The predicted octanol–water partition coefficient (Wildman–Crippen LogP) is 4.82. The van der Waals surface area contributed by atoms with Crippen molar-refractivity contribution >= 4 is 17.6 Å². The first-order chi connectivity index (χ1) is 15.2. The van der Waals surface area contributed by atoms with E-state index >= 15 is 0 Å². The van der Waals surface area contributed by atoms with Gasteiger partial charge in [-0.15, -0.1) is 10.2 Å². The molecule has 2 aliphatic heterocycles. The number of halogens is 5. The molecule has 0 amide bonds. The zero-order chi connectivity index (χ0) is 22.6. The number of aromatic nitrogens is 3. The van der Waals surface area contributed by atoms with Gasteiger partial charge in [-0.05, 0) is 25.8 Å². The summed E-state index contributed by atoms with van der Waals surface area (Å²) in [7, 11) is 0. The van der Waals surface area contributed by atoms with Crippen LogP contribution in [0.5, 0.6) is 0 Å². The Kier molecular flexibility index (Phi) is 5.59. The number of fused-ring (bicyclic) bond motifs is 1. The van der Waals surface area contributed by atoms with Crippen molar-refractivity contribution in [3.63, 3.8) is 0 Å². The Morgan fingerprint density at radius 3 is 2.38 bits per heavy atom. The molecule has 174 valence electrons. The molecule has 1 saturated carbocycles. The van der Waals surface area contributed by atoms with E-state index in [9.17, 15) is 22.0 Å². The highest BCUT2D eigenvalue weighted by molar-refractivity contribution is 7.97. The largest absolute Gasteiger partial charge is 0.390 e. The maximum Gasteiger partial charge on any atom is 0.390 e. The average Bonchev–Trinajstić information content (AvgIpc) is 3.11. The fourth-order valence-corrected chi connectivity index (χ4v) is 6.53. The van der Waals surface area contributed by atoms with Gasteiger partial charge >= 0.3 is 6.18 Å². The summed E-state index contributed by atoms with van der Waals surface area (Å²) >= 11 is 1.11. The second-order valence-electron chi connectivity index (χ2n) is 9.08. The van der Waals surface area contributed by atoms with Gasteiger partial charge in [0.05, 0.1) is 12.1 Å². The molecule has 32 heavy (non-hydrogen) atoms. The number of piperidine rings is 1. The van der Waals surface area contributed by atoms with Gasteiger partial charge in [-0.3, -0.25) is 0 Å². The molecule has 5 nitrogen and oxygen atoms in total. The van der Waals surface area contributed by atoms with E-state index in [1.807, 2.05) is 16.4 Å². The Morgan fingerprint density at radius 1 is 1.03 bits per heavy atom. The van der Waals surface area contributed by atoms with Gasteiger partial charge in [0.15, 0.2) is 0 Å². The smallest absolute Gasteiger partial charge is 0.368 e. The number of alkyl halides is 3. The van der Waals surface area contributed by atoms with Gasteiger partial charge < -0.3 is 9.47 Å². The van der Waals surface area contributed by atoms with Crippen LogP contribution in [-0.2, 0) is 6.54 Å². The molecule has 0 N–H and O–H groups in total. The van der Waals surface area contributed by atoms with Gasteiger partial charge in [-0.25, -0.2) is 13.1 Å². The van der Waals surface area contributed by atoms with Crippen molar-refractivity contribution < 1.29 is 22.0 Å². The lowest BCUT2D eigenvalue weighted by Crippen LogP contribution is -2.36. The minimum atomic E-state index is -4.23. The molecule has 2 unspecified atom stereocenters. The summed E-state index contributed by atoms with van der Waals surface area (Å²) in [6.07, 6.45) is -0.676. The molecule has 2 aromatic rings. The lowest BCUT2D eigenvalue weighted by atomic mass is 10.1. The molecule has 1 aromatic carbocycles. The van der Waals surface area contributed by atoms with Crippen molar-refractivity contribution in [2.24, 2.45) is 11.8 Å². The number of hydrogen-bond donors (Lipinski definition) is 0. The maximum absolute atomic E-state index is 14.9. The number of benzene rings is 1. The summed E-state index contributed by atoms with van der Waals surface area (Å²) in [5.41, 5.74) is 0.417. The SMILES string of the molecule is C[C@H]1CCC(CC(F)(F)F)SN1Cc1cc(F)c(N2C[C@@H]3C(n4cnnc4)[C@@H]3C2)cc1F. The first-order valence-electron chi connectivity index (χ1n) is 10.8. The summed E-state index contributed by atoms with van der Waals surface area (Å²) in [6, 6.07) is 2.74. The number of anilines is 1. The van der Waals surface area contributed by atoms with Crippen LogP contribution in [0.4, 0.5) is 27.6 Å². The van der Waals surface area contributed by atoms with E-state index in [0.717, 1.165) is 11.9 Å². The normalized spacial score (nSPS) is 30.6. The van der Waals surface area contributed by atoms with Crippen molar-refractivity contribution in [2.45, 2.75) is 56.2 Å². The summed E-state index contributed by atoms with van der Waals surface area (Å²) < 4.78 is 71.9. The standard InChI is InChI=1S/C21H24F5N5S/c1-12-2-3-14(6-21(24,25)26)32-31(12)7-13-4-18(23)19(5-17(13)22)29-8-15-16(9-29)20(15)30-10-27-28-11-30/h4-5,10-12,14-16,20H,2-3,6-9H2,1H3/t12-,14?,15-,16+,20?/m0/s1. The molecule has 3 heterocycles. The van der Waals surface area contributed by atoms with E-state index in [1.165, 1.54) is 12.1 Å². The third kappa shape index (κ3) is 4.33. The highest BCUT2D eigenvalue weighted by Gasteiger charge is 2.57. The van der Waals surface area contributed by atoms with Crippen molar-refractivity contribution in [2.75, 3.05) is 18.0 Å². The summed E-state index contributed by atoms with van der Waals surface area (Å²) in [4.78, 5) is 1.87. The van der Waals surface area contributed by atoms with Crippen LogP contribution in [0.25, 0.3) is 0 Å². The Labute approximate surface area is 187 Å². The highest BCUT2D eigenvalue weighted by atomic mass is 32.2. The molecule has 11 heteroatoms. The van der Waals surface area contributed by atoms with Crippen LogP contribution in [0.2, 0.25) is 0 Å². The van der Waals surface area contributed by atoms with Crippen molar-refractivity contribution in [3.8, 4) is 0 Å². The second-order valence-corrected chi connectivity index (χ2v) is 10.4. The van der Waals surface area contributed by atoms with E-state index in [1.54, 1.807) is 17.0 Å². The Balaban J connectivity index is 1.25. The van der Waals surface area contributed by atoms with Gasteiger partial charge in [0.1, 0.15) is 24.3 Å². The van der Waals surface area contributed by atoms with Crippen LogP contribution in [0, 0.1) is 23.5 Å². The Hall–Kier alpha value is -1.88. The minimum absolute atomic E-state index is 0.00749. The van der Waals surface area contributed by atoms with Gasteiger partial charge in [-0.1, -0.05) is 11.9 Å². The predicted molar refractivity (Wildman–Crippen MR) is 111 cm³/mol. The van der Waals surface area contributed by atoms with E-state index in [4.69, 9.17) is 0 Å². The van der Waals surface area contributed by atoms with Crippen molar-refractivity contribution in [3.05, 3.63) is 42.0 Å². The fourth-order valence-electron chi connectivity index (χ4n) is 5.12. The number of nitrogens with zero attached hydrogens (tertiary/aromatic N) is 5. The zero-order valence-corrected chi connectivity index (χ0v) is 18.3. The van der Waals surface area contributed by atoms with E-state index < -0.39 is 29.5 Å². The van der Waals surface area contributed by atoms with Crippen LogP contribution in [-0.4, -0.2) is 49.6 Å². The van der Waals surface area contributed by atoms with Crippen LogP contribution >= 0.6 is 11.9 Å². The first kappa shape index (κ1) is 21.9. The first-order valence-corrected chi connectivity index (χ1v) is 11.6. The summed E-state index contributed by atoms with van der Waals surface area (Å²) in [6.45, 7) is 3.26. The molecule has 3 fully saturated rings. The molecule has 1 aliphatic carbocycles. The monoisotopic (exact) mass is 473 g/mol. The molecule has 5 atom stereocenters. The van der Waals surface area contributed by atoms with E-state index in [-0.39, 0.29) is 23.8 Å². The quantitative estimate of drug-likeness (QED) is 0.460. The number of hydrogen-bond acceptors (Lipinski definition) is 5. The van der Waals surface area contributed by atoms with Crippen LogP contribution in [0.15, 0.2) is 24.8 Å². The third-order valence-electron chi connectivity index (χ3n) is 6.85. The van der Waals surface area contributed by atoms with E-state index in [0.29, 0.717) is 43.8 Å². The van der Waals surface area contributed by atoms with Crippen LogP contribution < -0.4 is 4.90 Å². The van der Waals surface area contributed by atoms with Crippen molar-refractivity contribution in [1.29, 1.82) is 0 Å². The van der Waals surface area contributed by atoms with Gasteiger partial charge in [0.2, 0.25) is 0 Å². The lowest BCUT2D eigenvalue weighted by Gasteiger charge is -2.37. The minimum Gasteiger partial charge on any atom is -0.368 e. The molecule has 3 aliphatic rings. The van der Waals surface area contributed by atoms with E-state index in [2.05, 4.69) is 10.2 Å². The molecule has 0 bridgehead atoms. The van der Waals surface area contributed by atoms with Crippen LogP contribution in [0.3, 0.4) is 0 Å². The molecule has 1 aromatic heterocycles. The average molecular weight is 474 g/mol. The zero-order valence-electron chi connectivity index (χ0n) is 17.5. The topological polar surface area (TPSA) is 37.2 Å². The highest BCUT2D eigenvalue weighted by Crippen LogP contribution is 2.56. The van der Waals surface area contributed by atoms with Gasteiger partial charge in [0.25, 0.3) is 0 Å². The Bertz CT molecular complexity index is 956. The van der Waals surface area contributed by atoms with Crippen molar-refractivity contribution in [1.82, 2.24) is 19.1 Å². The maximum atomic E-state index is 14.9. The molecule has 2 saturated heterocycles. The van der Waals surface area contributed by atoms with Crippen LogP contribution in [0.1, 0.15) is 37.8 Å². The van der Waals surface area contributed by atoms with Gasteiger partial charge in [0, 0.05) is 60.4 Å². The van der Waals surface area contributed by atoms with Gasteiger partial charge in [-0.2, -0.15) is 13.2 Å². The summed E-state index contributed by atoms with van der Waals surface area (Å²) in [5, 5.41) is 7.06. The lowest BCUT2D eigenvalue weighted by molar-refractivity contribution is -0.134. The fraction of sp³-hybridized carbons (Fsp3) is 0.619. The summed E-state index contributed by atoms with van der Waals surface area (Å²) in [5.74, 6) is -0.290.